The third-order valence-electron chi connectivity index (χ3n) is 1.86. The predicted molar refractivity (Wildman–Crippen MR) is 74.6 cm³/mol. The Hall–Kier alpha value is -1.10. The fraction of sp³-hybridized carbons (Fsp3) is 0.500. The number of amides is 1. The Balaban J connectivity index is 0.00000121. The van der Waals surface area contributed by atoms with Crippen molar-refractivity contribution in [2.45, 2.75) is 34.6 Å². The molecule has 0 atom stereocenters. The van der Waals surface area contributed by atoms with Crippen molar-refractivity contribution in [1.29, 1.82) is 0 Å². The van der Waals surface area contributed by atoms with Crippen LogP contribution in [0.15, 0.2) is 16.6 Å². The van der Waals surface area contributed by atoms with Crippen molar-refractivity contribution in [2.24, 2.45) is 5.92 Å². The van der Waals surface area contributed by atoms with Crippen LogP contribution in [0.2, 0.25) is 0 Å². The maximum absolute atomic E-state index is 11.3. The van der Waals surface area contributed by atoms with Crippen LogP contribution in [0.1, 0.15) is 33.4 Å². The van der Waals surface area contributed by atoms with Gasteiger partial charge in [-0.2, -0.15) is 0 Å². The predicted octanol–water partition coefficient (Wildman–Crippen LogP) is 3.28. The average molecular weight is 302 g/mol. The summed E-state index contributed by atoms with van der Waals surface area (Å²) in [4.78, 5) is 15.5. The topological polar surface area (TPSA) is 54.0 Å². The maximum Gasteiger partial charge on any atom is 0.240 e. The van der Waals surface area contributed by atoms with Gasteiger partial charge in [0.25, 0.3) is 0 Å². The van der Waals surface area contributed by atoms with Gasteiger partial charge in [-0.25, -0.2) is 4.98 Å². The van der Waals surface area contributed by atoms with Gasteiger partial charge in [0.05, 0.1) is 5.69 Å². The van der Waals surface area contributed by atoms with E-state index in [2.05, 4.69) is 31.8 Å². The molecule has 0 fully saturated rings. The van der Waals surface area contributed by atoms with E-state index in [4.69, 9.17) is 0 Å². The number of carbonyl (C=O) groups excluding carboxylic acids is 1. The molecule has 1 heterocycles. The fourth-order valence-corrected chi connectivity index (χ4v) is 1.10. The number of hydrogen-bond acceptors (Lipinski definition) is 3. The van der Waals surface area contributed by atoms with Gasteiger partial charge in [0.2, 0.25) is 5.91 Å². The molecule has 1 aromatic rings. The van der Waals surface area contributed by atoms with Crippen molar-refractivity contribution >= 4 is 27.7 Å². The number of hydrogen-bond donors (Lipinski definition) is 2. The zero-order chi connectivity index (χ0) is 13.4. The Morgan fingerprint density at radius 3 is 2.41 bits per heavy atom. The van der Waals surface area contributed by atoms with Crippen LogP contribution in [0.3, 0.4) is 0 Å². The van der Waals surface area contributed by atoms with Gasteiger partial charge in [-0.1, -0.05) is 27.7 Å². The van der Waals surface area contributed by atoms with Crippen molar-refractivity contribution < 1.29 is 4.79 Å². The minimum absolute atomic E-state index is 0.0472. The van der Waals surface area contributed by atoms with Crippen LogP contribution in [-0.4, -0.2) is 10.9 Å². The first kappa shape index (κ1) is 15.9. The summed E-state index contributed by atoms with van der Waals surface area (Å²) in [7, 11) is 0. The smallest absolute Gasteiger partial charge is 0.240 e. The van der Waals surface area contributed by atoms with E-state index >= 15 is 0 Å². The van der Waals surface area contributed by atoms with E-state index in [0.29, 0.717) is 5.82 Å². The van der Waals surface area contributed by atoms with Crippen molar-refractivity contribution in [1.82, 2.24) is 10.4 Å². The molecule has 4 nitrogen and oxygen atoms in total. The number of nitrogens with zero attached hydrogens (tertiary/aromatic N) is 1. The van der Waals surface area contributed by atoms with Gasteiger partial charge in [0.1, 0.15) is 5.82 Å². The molecule has 17 heavy (non-hydrogen) atoms. The summed E-state index contributed by atoms with van der Waals surface area (Å²) < 4.78 is 0.947. The van der Waals surface area contributed by atoms with Gasteiger partial charge in [-0.15, -0.1) is 0 Å². The van der Waals surface area contributed by atoms with Gasteiger partial charge in [0, 0.05) is 10.4 Å². The van der Waals surface area contributed by atoms with Gasteiger partial charge in [0.15, 0.2) is 0 Å². The number of rotatable bonds is 3. The lowest BCUT2D eigenvalue weighted by molar-refractivity contribution is -0.123. The Kier molecular flexibility index (Phi) is 7.54. The molecule has 0 aliphatic heterocycles. The van der Waals surface area contributed by atoms with Crippen LogP contribution in [0.5, 0.6) is 0 Å². The number of hydrazine groups is 1. The molecule has 0 saturated heterocycles. The highest BCUT2D eigenvalue weighted by molar-refractivity contribution is 9.10. The second-order valence-corrected chi connectivity index (χ2v) is 4.39. The normalized spacial score (nSPS) is 9.35. The highest BCUT2D eigenvalue weighted by atomic mass is 79.9. The molecule has 0 spiro atoms. The van der Waals surface area contributed by atoms with Crippen molar-refractivity contribution in [3.63, 3.8) is 0 Å². The number of pyridine rings is 1. The summed E-state index contributed by atoms with van der Waals surface area (Å²) in [5, 5.41) is 0. The summed E-state index contributed by atoms with van der Waals surface area (Å²) >= 11 is 3.35. The molecular weight excluding hydrogens is 282 g/mol. The summed E-state index contributed by atoms with van der Waals surface area (Å²) in [6.45, 7) is 9.55. The first-order chi connectivity index (χ1) is 8.00. The van der Waals surface area contributed by atoms with Gasteiger partial charge in [-0.3, -0.25) is 15.6 Å². The van der Waals surface area contributed by atoms with Gasteiger partial charge >= 0.3 is 0 Å². The monoisotopic (exact) mass is 301 g/mol. The second kappa shape index (κ2) is 8.06. The molecule has 0 aliphatic rings. The first-order valence-corrected chi connectivity index (χ1v) is 6.49. The third-order valence-corrected chi connectivity index (χ3v) is 2.70. The Morgan fingerprint density at radius 2 is 1.94 bits per heavy atom. The Labute approximate surface area is 111 Å². The third kappa shape index (κ3) is 5.68. The molecule has 0 radical (unpaired) electrons. The number of halogens is 1. The SMILES string of the molecule is CC.Cc1nc(NNC(=O)C(C)C)ccc1Br. The second-order valence-electron chi connectivity index (χ2n) is 3.53. The molecule has 1 aromatic heterocycles. The lowest BCUT2D eigenvalue weighted by Crippen LogP contribution is -2.33. The highest BCUT2D eigenvalue weighted by Crippen LogP contribution is 2.15. The summed E-state index contributed by atoms with van der Waals surface area (Å²) in [5.41, 5.74) is 6.21. The molecule has 96 valence electrons. The summed E-state index contributed by atoms with van der Waals surface area (Å²) in [6.07, 6.45) is 0. The standard InChI is InChI=1S/C10H14BrN3O.C2H6/c1-6(2)10(15)14-13-9-5-4-8(11)7(3)12-9;1-2/h4-6H,1-3H3,(H,12,13)(H,14,15);1-2H3. The van der Waals surface area contributed by atoms with E-state index in [1.807, 2.05) is 40.7 Å². The van der Waals surface area contributed by atoms with Crippen molar-refractivity contribution in [3.05, 3.63) is 22.3 Å². The molecule has 0 aromatic carbocycles. The molecule has 0 bridgehead atoms. The van der Waals surface area contributed by atoms with E-state index in [-0.39, 0.29) is 11.8 Å². The fourth-order valence-electron chi connectivity index (χ4n) is 0.884. The van der Waals surface area contributed by atoms with Crippen LogP contribution in [0.25, 0.3) is 0 Å². The molecular formula is C12H20BrN3O. The first-order valence-electron chi connectivity index (χ1n) is 5.69. The van der Waals surface area contributed by atoms with Crippen LogP contribution in [0, 0.1) is 12.8 Å². The van der Waals surface area contributed by atoms with Crippen LogP contribution >= 0.6 is 15.9 Å². The van der Waals surface area contributed by atoms with Gasteiger partial charge < -0.3 is 0 Å². The number of anilines is 1. The maximum atomic E-state index is 11.3. The highest BCUT2D eigenvalue weighted by Gasteiger charge is 2.06. The molecule has 5 heteroatoms. The quantitative estimate of drug-likeness (QED) is 0.843. The lowest BCUT2D eigenvalue weighted by Gasteiger charge is -2.10. The number of nitrogens with one attached hydrogen (secondary N) is 2. The molecule has 1 rings (SSSR count). The molecule has 0 saturated carbocycles. The Morgan fingerprint density at radius 1 is 1.35 bits per heavy atom. The minimum Gasteiger partial charge on any atom is -0.282 e. The zero-order valence-electron chi connectivity index (χ0n) is 11.0. The van der Waals surface area contributed by atoms with E-state index < -0.39 is 0 Å². The van der Waals surface area contributed by atoms with Crippen molar-refractivity contribution in [2.75, 3.05) is 5.43 Å². The number of aryl methyl sites for hydroxylation is 1. The van der Waals surface area contributed by atoms with E-state index in [0.717, 1.165) is 10.2 Å². The van der Waals surface area contributed by atoms with Crippen LogP contribution in [0.4, 0.5) is 5.82 Å². The molecule has 0 unspecified atom stereocenters. The van der Waals surface area contributed by atoms with E-state index in [1.165, 1.54) is 0 Å². The number of carbonyl (C=O) groups is 1. The molecule has 0 aliphatic carbocycles. The Bertz CT molecular complexity index is 367. The lowest BCUT2D eigenvalue weighted by atomic mass is 10.2. The minimum atomic E-state index is -0.0580. The zero-order valence-corrected chi connectivity index (χ0v) is 12.6. The largest absolute Gasteiger partial charge is 0.282 e. The molecule has 1 amide bonds. The van der Waals surface area contributed by atoms with E-state index in [9.17, 15) is 4.79 Å². The van der Waals surface area contributed by atoms with E-state index in [1.54, 1.807) is 6.07 Å². The van der Waals surface area contributed by atoms with Crippen LogP contribution in [-0.2, 0) is 4.79 Å². The average Bonchev–Trinajstić information content (AvgIpc) is 2.32. The molecule has 2 N–H and O–H groups in total. The summed E-state index contributed by atoms with van der Waals surface area (Å²) in [6, 6.07) is 3.67. The van der Waals surface area contributed by atoms with Crippen LogP contribution < -0.4 is 10.9 Å². The number of aromatic nitrogens is 1. The van der Waals surface area contributed by atoms with Crippen molar-refractivity contribution in [3.8, 4) is 0 Å². The summed E-state index contributed by atoms with van der Waals surface area (Å²) in [5.74, 6) is 0.524. The van der Waals surface area contributed by atoms with Gasteiger partial charge in [-0.05, 0) is 35.0 Å².